The van der Waals surface area contributed by atoms with E-state index in [-0.39, 0.29) is 11.6 Å². The Labute approximate surface area is 140 Å². The van der Waals surface area contributed by atoms with Gasteiger partial charge in [-0.25, -0.2) is 4.98 Å². The second-order valence-corrected chi connectivity index (χ2v) is 5.64. The monoisotopic (exact) mass is 332 g/mol. The summed E-state index contributed by atoms with van der Waals surface area (Å²) in [7, 11) is 1.83. The molecule has 4 heterocycles. The Morgan fingerprint density at radius 1 is 1.12 bits per heavy atom. The van der Waals surface area contributed by atoms with Crippen LogP contribution < -0.4 is 0 Å². The van der Waals surface area contributed by atoms with Crippen LogP contribution in [0.5, 0.6) is 5.88 Å². The molecule has 0 aliphatic carbocycles. The van der Waals surface area contributed by atoms with E-state index in [0.717, 1.165) is 11.0 Å². The first-order valence-corrected chi connectivity index (χ1v) is 7.59. The summed E-state index contributed by atoms with van der Waals surface area (Å²) in [6.45, 7) is 0. The molecule has 4 aromatic heterocycles. The van der Waals surface area contributed by atoms with Gasteiger partial charge in [-0.05, 0) is 18.2 Å². The van der Waals surface area contributed by atoms with E-state index in [2.05, 4.69) is 30.4 Å². The fraction of sp³-hybridized carbons (Fsp3) is 0.0625. The summed E-state index contributed by atoms with van der Waals surface area (Å²) >= 11 is 0. The van der Waals surface area contributed by atoms with Crippen LogP contribution in [0, 0.1) is 0 Å². The minimum absolute atomic E-state index is 0.133. The summed E-state index contributed by atoms with van der Waals surface area (Å²) in [6, 6.07) is 9.44. The highest BCUT2D eigenvalue weighted by Gasteiger charge is 2.19. The highest BCUT2D eigenvalue weighted by Crippen LogP contribution is 2.29. The van der Waals surface area contributed by atoms with Crippen molar-refractivity contribution in [1.29, 1.82) is 0 Å². The largest absolute Gasteiger partial charge is 0.492 e. The van der Waals surface area contributed by atoms with Crippen molar-refractivity contribution in [2.45, 2.75) is 0 Å². The molecule has 122 valence electrons. The Morgan fingerprint density at radius 3 is 2.80 bits per heavy atom. The molecule has 9 heteroatoms. The molecule has 0 amide bonds. The number of hydrogen-bond donors (Lipinski definition) is 2. The zero-order valence-electron chi connectivity index (χ0n) is 13.1. The van der Waals surface area contributed by atoms with Crippen molar-refractivity contribution in [3.05, 3.63) is 42.7 Å². The lowest BCUT2D eigenvalue weighted by atomic mass is 10.2. The first kappa shape index (κ1) is 13.7. The second kappa shape index (κ2) is 4.87. The maximum atomic E-state index is 10.6. The van der Waals surface area contributed by atoms with Crippen LogP contribution in [0.15, 0.2) is 42.7 Å². The quantitative estimate of drug-likeness (QED) is 0.510. The van der Waals surface area contributed by atoms with Gasteiger partial charge in [-0.15, -0.1) is 10.2 Å². The van der Waals surface area contributed by atoms with Crippen molar-refractivity contribution >= 4 is 16.7 Å². The number of hydrogen-bond acceptors (Lipinski definition) is 6. The maximum absolute atomic E-state index is 10.6. The highest BCUT2D eigenvalue weighted by molar-refractivity contribution is 5.80. The second-order valence-electron chi connectivity index (χ2n) is 5.64. The van der Waals surface area contributed by atoms with E-state index in [0.29, 0.717) is 22.7 Å². The van der Waals surface area contributed by atoms with Gasteiger partial charge in [0.05, 0.1) is 28.5 Å². The average Bonchev–Trinajstić information content (AvgIpc) is 3.32. The molecule has 25 heavy (non-hydrogen) atoms. The molecule has 0 atom stereocenters. The Bertz CT molecular complexity index is 1200. The number of nitrogens with zero attached hydrogens (tertiary/aromatic N) is 7. The molecule has 9 nitrogen and oxygen atoms in total. The van der Waals surface area contributed by atoms with Crippen molar-refractivity contribution in [1.82, 2.24) is 39.6 Å². The standard InChI is InChI=1S/C16H12N8O/c1-23-7-6-10(22-23)9-8-17-24-15(9)21-20-13(16(24)25)14-18-11-4-2-3-5-12(11)19-14/h2-8,25H,1H3,(H,18,19). The number of aromatic amines is 1. The van der Waals surface area contributed by atoms with E-state index in [1.165, 1.54) is 4.52 Å². The van der Waals surface area contributed by atoms with Gasteiger partial charge in [0.25, 0.3) is 0 Å². The Kier molecular flexibility index (Phi) is 2.66. The molecule has 0 unspecified atom stereocenters. The number of aromatic nitrogens is 8. The van der Waals surface area contributed by atoms with Gasteiger partial charge < -0.3 is 10.1 Å². The summed E-state index contributed by atoms with van der Waals surface area (Å²) in [6.07, 6.45) is 3.43. The third-order valence-corrected chi connectivity index (χ3v) is 4.00. The number of fused-ring (bicyclic) bond motifs is 2. The third-order valence-electron chi connectivity index (χ3n) is 4.00. The molecular weight excluding hydrogens is 320 g/mol. The first-order chi connectivity index (χ1) is 12.2. The fourth-order valence-electron chi connectivity index (χ4n) is 2.79. The van der Waals surface area contributed by atoms with Crippen molar-refractivity contribution in [2.75, 3.05) is 0 Å². The lowest BCUT2D eigenvalue weighted by molar-refractivity contribution is 0.433. The Balaban J connectivity index is 1.69. The lowest BCUT2D eigenvalue weighted by Crippen LogP contribution is -1.99. The number of imidazole rings is 1. The maximum Gasteiger partial charge on any atom is 0.246 e. The van der Waals surface area contributed by atoms with Crippen LogP contribution in [0.3, 0.4) is 0 Å². The van der Waals surface area contributed by atoms with Crippen LogP contribution in [0.25, 0.3) is 39.5 Å². The van der Waals surface area contributed by atoms with E-state index in [1.54, 1.807) is 10.9 Å². The van der Waals surface area contributed by atoms with Crippen LogP contribution in [-0.4, -0.2) is 44.7 Å². The Morgan fingerprint density at radius 2 is 2.00 bits per heavy atom. The molecule has 0 radical (unpaired) electrons. The van der Waals surface area contributed by atoms with E-state index in [4.69, 9.17) is 0 Å². The van der Waals surface area contributed by atoms with E-state index >= 15 is 0 Å². The Hall–Kier alpha value is -3.75. The number of rotatable bonds is 2. The van der Waals surface area contributed by atoms with Crippen molar-refractivity contribution in [3.8, 4) is 28.7 Å². The number of para-hydroxylation sites is 2. The highest BCUT2D eigenvalue weighted by atomic mass is 16.3. The van der Waals surface area contributed by atoms with E-state index in [1.807, 2.05) is 43.6 Å². The van der Waals surface area contributed by atoms with E-state index < -0.39 is 0 Å². The zero-order valence-corrected chi connectivity index (χ0v) is 13.1. The third kappa shape index (κ3) is 1.99. The molecule has 5 aromatic rings. The predicted octanol–water partition coefficient (Wildman–Crippen LogP) is 1.77. The summed E-state index contributed by atoms with van der Waals surface area (Å²) in [5, 5.41) is 27.5. The lowest BCUT2D eigenvalue weighted by Gasteiger charge is -2.02. The summed E-state index contributed by atoms with van der Waals surface area (Å²) in [4.78, 5) is 7.57. The van der Waals surface area contributed by atoms with Crippen LogP contribution in [0.2, 0.25) is 0 Å². The molecule has 0 fully saturated rings. The molecule has 0 bridgehead atoms. The van der Waals surface area contributed by atoms with Gasteiger partial charge in [0, 0.05) is 13.2 Å². The number of benzene rings is 1. The van der Waals surface area contributed by atoms with Gasteiger partial charge in [-0.3, -0.25) is 4.68 Å². The van der Waals surface area contributed by atoms with Crippen molar-refractivity contribution in [2.24, 2.45) is 7.05 Å². The normalized spacial score (nSPS) is 11.6. The number of aromatic hydroxyl groups is 1. The fourth-order valence-corrected chi connectivity index (χ4v) is 2.79. The molecular formula is C16H12N8O. The zero-order chi connectivity index (χ0) is 17.0. The minimum Gasteiger partial charge on any atom is -0.492 e. The van der Waals surface area contributed by atoms with Gasteiger partial charge in [0.1, 0.15) is 0 Å². The molecule has 0 saturated heterocycles. The number of aryl methyl sites for hydroxylation is 1. The molecule has 0 saturated carbocycles. The van der Waals surface area contributed by atoms with Gasteiger partial charge in [-0.2, -0.15) is 14.7 Å². The van der Waals surface area contributed by atoms with Gasteiger partial charge in [0.15, 0.2) is 17.2 Å². The van der Waals surface area contributed by atoms with Crippen LogP contribution in [0.1, 0.15) is 0 Å². The van der Waals surface area contributed by atoms with Crippen molar-refractivity contribution < 1.29 is 5.11 Å². The first-order valence-electron chi connectivity index (χ1n) is 7.59. The molecule has 0 spiro atoms. The summed E-state index contributed by atoms with van der Waals surface area (Å²) in [5.74, 6) is 0.300. The number of nitrogens with one attached hydrogen (secondary N) is 1. The SMILES string of the molecule is Cn1ccc(-c2cnn3c(O)c(-c4nc5ccccc5[nH]4)nnc23)n1. The molecule has 0 aliphatic rings. The minimum atomic E-state index is -0.133. The molecule has 2 N–H and O–H groups in total. The molecule has 5 rings (SSSR count). The van der Waals surface area contributed by atoms with Crippen LogP contribution >= 0.6 is 0 Å². The van der Waals surface area contributed by atoms with Crippen molar-refractivity contribution in [3.63, 3.8) is 0 Å². The summed E-state index contributed by atoms with van der Waals surface area (Å²) in [5.41, 5.74) is 3.71. The topological polar surface area (TPSA) is 110 Å². The predicted molar refractivity (Wildman–Crippen MR) is 89.7 cm³/mol. The van der Waals surface area contributed by atoms with E-state index in [9.17, 15) is 5.11 Å². The van der Waals surface area contributed by atoms with Crippen LogP contribution in [-0.2, 0) is 7.05 Å². The smallest absolute Gasteiger partial charge is 0.246 e. The van der Waals surface area contributed by atoms with Gasteiger partial charge >= 0.3 is 0 Å². The molecule has 0 aliphatic heterocycles. The van der Waals surface area contributed by atoms with Crippen LogP contribution in [0.4, 0.5) is 0 Å². The van der Waals surface area contributed by atoms with Gasteiger partial charge in [-0.1, -0.05) is 12.1 Å². The number of H-pyrrole nitrogens is 1. The average molecular weight is 332 g/mol. The van der Waals surface area contributed by atoms with Gasteiger partial charge in [0.2, 0.25) is 5.88 Å². The molecule has 1 aromatic carbocycles. The summed E-state index contributed by atoms with van der Waals surface area (Å²) < 4.78 is 3.02.